The van der Waals surface area contributed by atoms with Crippen LogP contribution in [0.25, 0.3) is 16.8 Å². The Bertz CT molecular complexity index is 1820. The molecule has 0 bridgehead atoms. The van der Waals surface area contributed by atoms with Crippen LogP contribution in [0, 0.1) is 0 Å². The lowest BCUT2D eigenvalue weighted by Crippen LogP contribution is -2.63. The van der Waals surface area contributed by atoms with E-state index < -0.39 is 35.9 Å². The van der Waals surface area contributed by atoms with E-state index in [0.717, 1.165) is 22.3 Å². The maximum atomic E-state index is 13.9. The van der Waals surface area contributed by atoms with Gasteiger partial charge in [-0.1, -0.05) is 54.6 Å². The second-order valence-corrected chi connectivity index (χ2v) is 12.8. The number of likely N-dealkylation sites (tertiary alicyclic amines) is 1. The minimum absolute atomic E-state index is 0.117. The molecule has 1 aliphatic carbocycles. The third-order valence-electron chi connectivity index (χ3n) is 8.60. The van der Waals surface area contributed by atoms with Crippen LogP contribution in [0.5, 0.6) is 0 Å². The topological polar surface area (TPSA) is 110 Å². The minimum atomic E-state index is -0.708. The summed E-state index contributed by atoms with van der Waals surface area (Å²) in [5.41, 5.74) is 4.04. The summed E-state index contributed by atoms with van der Waals surface area (Å²) in [6.07, 6.45) is 0.975. The molecule has 3 amide bonds. The predicted octanol–water partition coefficient (Wildman–Crippen LogP) is 5.78. The summed E-state index contributed by atoms with van der Waals surface area (Å²) in [5.74, 6) is -0.338. The lowest BCUT2D eigenvalue weighted by atomic mass is 9.93. The zero-order valence-electron chi connectivity index (χ0n) is 26.9. The first-order valence-corrected chi connectivity index (χ1v) is 15.7. The van der Waals surface area contributed by atoms with Gasteiger partial charge < -0.3 is 19.7 Å². The summed E-state index contributed by atoms with van der Waals surface area (Å²) < 4.78 is 12.6. The number of methoxy groups -OCH3 is 1. The molecule has 1 aliphatic heterocycles. The standard InChI is InChI=1S/C37H38N4O6/c1-37(2,3)47-35(44)39-22-20-30(38-34(43)24-16-18-25(19-17-24)40-21-10-9-15-32(40)42)31(23-39)41(36(45)46-4)33-28-13-7-5-11-26(28)27-12-6-8-14-29(27)33/h5-19,21,30-31,33H,20,22-23H2,1-4H3,(H,38,43)/t30-,31+/m1/s1. The Hall–Kier alpha value is -5.38. The number of hydrogen-bond donors (Lipinski definition) is 1. The number of rotatable bonds is 5. The predicted molar refractivity (Wildman–Crippen MR) is 177 cm³/mol. The summed E-state index contributed by atoms with van der Waals surface area (Å²) in [6.45, 7) is 5.86. The van der Waals surface area contributed by atoms with Crippen LogP contribution >= 0.6 is 0 Å². The van der Waals surface area contributed by atoms with Gasteiger partial charge in [0.1, 0.15) is 5.60 Å². The van der Waals surface area contributed by atoms with Crippen molar-refractivity contribution in [1.82, 2.24) is 19.7 Å². The molecule has 0 radical (unpaired) electrons. The van der Waals surface area contributed by atoms with Crippen LogP contribution in [0.2, 0.25) is 0 Å². The normalized spacial score (nSPS) is 17.3. The average Bonchev–Trinajstić information content (AvgIpc) is 3.39. The molecule has 2 heterocycles. The lowest BCUT2D eigenvalue weighted by molar-refractivity contribution is 0.00144. The van der Waals surface area contributed by atoms with Crippen molar-refractivity contribution in [2.45, 2.75) is 50.9 Å². The van der Waals surface area contributed by atoms with Crippen LogP contribution in [0.1, 0.15) is 54.7 Å². The highest BCUT2D eigenvalue weighted by Crippen LogP contribution is 2.47. The fourth-order valence-corrected chi connectivity index (χ4v) is 6.51. The molecule has 4 aromatic rings. The number of carbonyl (C=O) groups excluding carboxylic acids is 3. The van der Waals surface area contributed by atoms with Gasteiger partial charge in [-0.25, -0.2) is 9.59 Å². The second kappa shape index (κ2) is 12.8. The number of piperidine rings is 1. The van der Waals surface area contributed by atoms with Crippen LogP contribution in [-0.2, 0) is 9.47 Å². The minimum Gasteiger partial charge on any atom is -0.453 e. The molecule has 242 valence electrons. The van der Waals surface area contributed by atoms with Crippen LogP contribution in [0.3, 0.4) is 0 Å². The molecule has 3 aromatic carbocycles. The lowest BCUT2D eigenvalue weighted by Gasteiger charge is -2.46. The van der Waals surface area contributed by atoms with Crippen molar-refractivity contribution in [2.75, 3.05) is 20.2 Å². The van der Waals surface area contributed by atoms with Crippen LogP contribution in [-0.4, -0.2) is 70.3 Å². The second-order valence-electron chi connectivity index (χ2n) is 12.8. The number of amides is 3. The van der Waals surface area contributed by atoms with Gasteiger partial charge in [-0.2, -0.15) is 0 Å². The first kappa shape index (κ1) is 31.6. The molecule has 10 nitrogen and oxygen atoms in total. The maximum absolute atomic E-state index is 13.9. The first-order valence-electron chi connectivity index (χ1n) is 15.7. The van der Waals surface area contributed by atoms with E-state index in [2.05, 4.69) is 5.32 Å². The monoisotopic (exact) mass is 634 g/mol. The molecule has 2 atom stereocenters. The van der Waals surface area contributed by atoms with Crippen molar-refractivity contribution in [3.8, 4) is 16.8 Å². The van der Waals surface area contributed by atoms with E-state index in [1.54, 1.807) is 52.4 Å². The molecule has 47 heavy (non-hydrogen) atoms. The molecule has 1 N–H and O–H groups in total. The number of benzene rings is 3. The largest absolute Gasteiger partial charge is 0.453 e. The Labute approximate surface area is 273 Å². The van der Waals surface area contributed by atoms with Crippen LogP contribution < -0.4 is 10.9 Å². The summed E-state index contributed by atoms with van der Waals surface area (Å²) in [6, 6.07) is 25.8. The van der Waals surface area contributed by atoms with E-state index in [9.17, 15) is 19.2 Å². The number of fused-ring (bicyclic) bond motifs is 3. The van der Waals surface area contributed by atoms with Crippen molar-refractivity contribution in [1.29, 1.82) is 0 Å². The molecule has 6 rings (SSSR count). The van der Waals surface area contributed by atoms with Crippen molar-refractivity contribution >= 4 is 18.1 Å². The van der Waals surface area contributed by atoms with E-state index in [1.807, 2.05) is 69.3 Å². The van der Waals surface area contributed by atoms with E-state index in [-0.39, 0.29) is 18.0 Å². The summed E-state index contributed by atoms with van der Waals surface area (Å²) in [7, 11) is 1.34. The fourth-order valence-electron chi connectivity index (χ4n) is 6.51. The molecule has 0 spiro atoms. The van der Waals surface area contributed by atoms with Gasteiger partial charge in [-0.05, 0) is 79.8 Å². The fraction of sp³-hybridized carbons (Fsp3) is 0.297. The highest BCUT2D eigenvalue weighted by molar-refractivity contribution is 5.94. The number of hydrogen-bond acceptors (Lipinski definition) is 6. The molecule has 2 aliphatic rings. The quantitative estimate of drug-likeness (QED) is 0.298. The Morgan fingerprint density at radius 2 is 1.47 bits per heavy atom. The van der Waals surface area contributed by atoms with Crippen molar-refractivity contribution in [3.63, 3.8) is 0 Å². The van der Waals surface area contributed by atoms with Crippen molar-refractivity contribution in [2.24, 2.45) is 0 Å². The van der Waals surface area contributed by atoms with Gasteiger partial charge in [0.15, 0.2) is 0 Å². The van der Waals surface area contributed by atoms with Gasteiger partial charge in [0.2, 0.25) is 0 Å². The summed E-state index contributed by atoms with van der Waals surface area (Å²) in [4.78, 5) is 56.5. The number of nitrogens with one attached hydrogen (secondary N) is 1. The molecule has 10 heteroatoms. The number of ether oxygens (including phenoxy) is 2. The van der Waals surface area contributed by atoms with Gasteiger partial charge in [0.25, 0.3) is 11.5 Å². The Balaban J connectivity index is 1.35. The zero-order valence-corrected chi connectivity index (χ0v) is 26.9. The van der Waals surface area contributed by atoms with Gasteiger partial charge >= 0.3 is 12.2 Å². The maximum Gasteiger partial charge on any atom is 0.410 e. The van der Waals surface area contributed by atoms with Crippen molar-refractivity contribution in [3.05, 3.63) is 124 Å². The molecule has 1 aromatic heterocycles. The molecule has 0 unspecified atom stereocenters. The van der Waals surface area contributed by atoms with Gasteiger partial charge in [-0.15, -0.1) is 0 Å². The van der Waals surface area contributed by atoms with Crippen LogP contribution in [0.15, 0.2) is 102 Å². The summed E-state index contributed by atoms with van der Waals surface area (Å²) in [5, 5.41) is 3.16. The van der Waals surface area contributed by atoms with E-state index in [1.165, 1.54) is 17.7 Å². The molecule has 0 saturated carbocycles. The Morgan fingerprint density at radius 1 is 0.851 bits per heavy atom. The van der Waals surface area contributed by atoms with E-state index >= 15 is 0 Å². The third-order valence-corrected chi connectivity index (χ3v) is 8.60. The van der Waals surface area contributed by atoms with Gasteiger partial charge in [-0.3, -0.25) is 19.1 Å². The number of carbonyl (C=O) groups is 3. The number of nitrogens with zero attached hydrogens (tertiary/aromatic N) is 3. The highest BCUT2D eigenvalue weighted by Gasteiger charge is 2.46. The summed E-state index contributed by atoms with van der Waals surface area (Å²) >= 11 is 0. The highest BCUT2D eigenvalue weighted by atomic mass is 16.6. The Kier molecular flexibility index (Phi) is 8.60. The van der Waals surface area contributed by atoms with Gasteiger partial charge in [0.05, 0.1) is 25.2 Å². The third kappa shape index (κ3) is 6.36. The first-order chi connectivity index (χ1) is 22.6. The van der Waals surface area contributed by atoms with E-state index in [4.69, 9.17) is 9.47 Å². The molecular weight excluding hydrogens is 596 g/mol. The van der Waals surface area contributed by atoms with E-state index in [0.29, 0.717) is 24.2 Å². The van der Waals surface area contributed by atoms with Crippen LogP contribution in [0.4, 0.5) is 9.59 Å². The molecular formula is C37H38N4O6. The zero-order chi connectivity index (χ0) is 33.3. The van der Waals surface area contributed by atoms with Gasteiger partial charge in [0, 0.05) is 36.6 Å². The molecule has 1 saturated heterocycles. The molecule has 1 fully saturated rings. The Morgan fingerprint density at radius 3 is 2.06 bits per heavy atom. The van der Waals surface area contributed by atoms with Crippen molar-refractivity contribution < 1.29 is 23.9 Å². The number of pyridine rings is 1. The number of aromatic nitrogens is 1. The average molecular weight is 635 g/mol. The smallest absolute Gasteiger partial charge is 0.410 e. The SMILES string of the molecule is COC(=O)N(C1c2ccccc2-c2ccccc21)[C@H]1CN(C(=O)OC(C)(C)C)CC[C@H]1NC(=O)c1ccc(-n2ccccc2=O)cc1.